The fourth-order valence-electron chi connectivity index (χ4n) is 4.77. The number of carbonyl (C=O) groups is 1. The van der Waals surface area contributed by atoms with E-state index in [4.69, 9.17) is 0 Å². The Labute approximate surface area is 187 Å². The third-order valence-electron chi connectivity index (χ3n) is 6.49. The molecular formula is C24H29N5OS. The maximum Gasteiger partial charge on any atom is 0.227 e. The Morgan fingerprint density at radius 2 is 1.87 bits per heavy atom. The van der Waals surface area contributed by atoms with Gasteiger partial charge >= 0.3 is 0 Å². The highest BCUT2D eigenvalue weighted by molar-refractivity contribution is 7.18. The standard InChI is InChI=1S/C24H29N5OS/c1-2-20-15-21-22(25-17-26-23(21)31-20)29-10-6-7-18(16-29)24(30)28-13-11-27(12-14-28)19-8-4-3-5-9-19/h3-5,8-9,15,17-18H,2,6-7,10-14,16H2,1H3. The molecule has 1 aromatic carbocycles. The molecule has 2 fully saturated rings. The Morgan fingerprint density at radius 3 is 2.65 bits per heavy atom. The molecule has 1 amide bonds. The van der Waals surface area contributed by atoms with Gasteiger partial charge in [0.15, 0.2) is 0 Å². The average molecular weight is 436 g/mol. The number of aromatic nitrogens is 2. The first-order chi connectivity index (χ1) is 15.2. The number of thiophene rings is 1. The molecule has 0 spiro atoms. The Hall–Kier alpha value is -2.67. The molecule has 31 heavy (non-hydrogen) atoms. The van der Waals surface area contributed by atoms with Crippen LogP contribution in [0.25, 0.3) is 10.2 Å². The number of fused-ring (bicyclic) bond motifs is 1. The lowest BCUT2D eigenvalue weighted by Gasteiger charge is -2.40. The third kappa shape index (κ3) is 4.11. The van der Waals surface area contributed by atoms with Gasteiger partial charge in [-0.15, -0.1) is 11.3 Å². The van der Waals surface area contributed by atoms with Crippen LogP contribution in [0.15, 0.2) is 42.7 Å². The highest BCUT2D eigenvalue weighted by Gasteiger charge is 2.32. The molecular weight excluding hydrogens is 406 g/mol. The number of piperidine rings is 1. The van der Waals surface area contributed by atoms with E-state index in [0.29, 0.717) is 5.91 Å². The van der Waals surface area contributed by atoms with Gasteiger partial charge in [-0.25, -0.2) is 9.97 Å². The first-order valence-corrected chi connectivity index (χ1v) is 12.1. The molecule has 1 atom stereocenters. The Bertz CT molecular complexity index is 1040. The molecule has 0 bridgehead atoms. The van der Waals surface area contributed by atoms with Crippen LogP contribution in [0.5, 0.6) is 0 Å². The van der Waals surface area contributed by atoms with Gasteiger partial charge in [-0.2, -0.15) is 0 Å². The summed E-state index contributed by atoms with van der Waals surface area (Å²) >= 11 is 1.75. The second-order valence-electron chi connectivity index (χ2n) is 8.42. The van der Waals surface area contributed by atoms with Crippen LogP contribution in [0, 0.1) is 5.92 Å². The van der Waals surface area contributed by atoms with Crippen LogP contribution in [-0.2, 0) is 11.2 Å². The number of para-hydroxylation sites is 1. The molecule has 2 saturated heterocycles. The number of aryl methyl sites for hydroxylation is 1. The van der Waals surface area contributed by atoms with E-state index in [0.717, 1.165) is 74.6 Å². The normalized spacial score (nSPS) is 19.8. The number of carbonyl (C=O) groups excluding carboxylic acids is 1. The van der Waals surface area contributed by atoms with Crippen molar-refractivity contribution in [2.75, 3.05) is 49.1 Å². The van der Waals surface area contributed by atoms with E-state index in [1.165, 1.54) is 10.6 Å². The summed E-state index contributed by atoms with van der Waals surface area (Å²) in [5, 5.41) is 1.13. The van der Waals surface area contributed by atoms with Crippen LogP contribution in [0.2, 0.25) is 0 Å². The zero-order valence-electron chi connectivity index (χ0n) is 18.0. The Balaban J connectivity index is 1.26. The van der Waals surface area contributed by atoms with Crippen molar-refractivity contribution in [2.24, 2.45) is 5.92 Å². The second kappa shape index (κ2) is 8.83. The molecule has 2 aromatic heterocycles. The molecule has 2 aliphatic rings. The first-order valence-electron chi connectivity index (χ1n) is 11.3. The number of hydrogen-bond donors (Lipinski definition) is 0. The van der Waals surface area contributed by atoms with E-state index in [1.54, 1.807) is 17.7 Å². The van der Waals surface area contributed by atoms with Crippen molar-refractivity contribution in [3.8, 4) is 0 Å². The topological polar surface area (TPSA) is 52.6 Å². The van der Waals surface area contributed by atoms with Crippen LogP contribution in [-0.4, -0.2) is 60.0 Å². The largest absolute Gasteiger partial charge is 0.368 e. The highest BCUT2D eigenvalue weighted by Crippen LogP contribution is 2.33. The van der Waals surface area contributed by atoms with Crippen LogP contribution < -0.4 is 9.80 Å². The van der Waals surface area contributed by atoms with Crippen molar-refractivity contribution in [3.05, 3.63) is 47.6 Å². The Kier molecular flexibility index (Phi) is 5.76. The summed E-state index contributed by atoms with van der Waals surface area (Å²) in [6, 6.07) is 12.7. The number of anilines is 2. The number of piperazine rings is 1. The van der Waals surface area contributed by atoms with Crippen LogP contribution in [0.4, 0.5) is 11.5 Å². The quantitative estimate of drug-likeness (QED) is 0.624. The van der Waals surface area contributed by atoms with Gasteiger partial charge in [-0.1, -0.05) is 25.1 Å². The monoisotopic (exact) mass is 435 g/mol. The fourth-order valence-corrected chi connectivity index (χ4v) is 5.70. The molecule has 3 aromatic rings. The van der Waals surface area contributed by atoms with Crippen molar-refractivity contribution in [2.45, 2.75) is 26.2 Å². The zero-order chi connectivity index (χ0) is 21.2. The van der Waals surface area contributed by atoms with E-state index >= 15 is 0 Å². The van der Waals surface area contributed by atoms with Crippen molar-refractivity contribution < 1.29 is 4.79 Å². The van der Waals surface area contributed by atoms with E-state index in [-0.39, 0.29) is 5.92 Å². The van der Waals surface area contributed by atoms with Crippen LogP contribution in [0.3, 0.4) is 0 Å². The lowest BCUT2D eigenvalue weighted by atomic mass is 9.96. The molecule has 0 saturated carbocycles. The summed E-state index contributed by atoms with van der Waals surface area (Å²) in [4.78, 5) is 31.6. The zero-order valence-corrected chi connectivity index (χ0v) is 18.9. The average Bonchev–Trinajstić information content (AvgIpc) is 3.28. The van der Waals surface area contributed by atoms with Gasteiger partial charge in [0, 0.05) is 49.8 Å². The molecule has 0 aliphatic carbocycles. The van der Waals surface area contributed by atoms with E-state index in [1.807, 2.05) is 6.07 Å². The van der Waals surface area contributed by atoms with Gasteiger partial charge in [-0.3, -0.25) is 4.79 Å². The molecule has 0 N–H and O–H groups in total. The molecule has 5 rings (SSSR count). The molecule has 1 unspecified atom stereocenters. The summed E-state index contributed by atoms with van der Waals surface area (Å²) in [5.41, 5.74) is 1.24. The van der Waals surface area contributed by atoms with Crippen molar-refractivity contribution in [1.82, 2.24) is 14.9 Å². The van der Waals surface area contributed by atoms with Crippen molar-refractivity contribution >= 4 is 39.0 Å². The summed E-state index contributed by atoms with van der Waals surface area (Å²) in [6.45, 7) is 7.26. The maximum absolute atomic E-state index is 13.3. The minimum atomic E-state index is 0.0475. The first kappa shape index (κ1) is 20.2. The maximum atomic E-state index is 13.3. The van der Waals surface area contributed by atoms with Gasteiger partial charge in [0.2, 0.25) is 5.91 Å². The number of nitrogens with zero attached hydrogens (tertiary/aromatic N) is 5. The number of benzene rings is 1. The van der Waals surface area contributed by atoms with Gasteiger partial charge in [0.25, 0.3) is 0 Å². The lowest BCUT2D eigenvalue weighted by molar-refractivity contribution is -0.136. The SMILES string of the molecule is CCc1cc2c(N3CCCC(C(=O)N4CCN(c5ccccc5)CC4)C3)ncnc2s1. The lowest BCUT2D eigenvalue weighted by Crippen LogP contribution is -2.52. The number of rotatable bonds is 4. The molecule has 0 radical (unpaired) electrons. The minimum Gasteiger partial charge on any atom is -0.368 e. The summed E-state index contributed by atoms with van der Waals surface area (Å²) < 4.78 is 0. The van der Waals surface area contributed by atoms with Crippen molar-refractivity contribution in [1.29, 1.82) is 0 Å². The van der Waals surface area contributed by atoms with E-state index in [9.17, 15) is 4.79 Å². The van der Waals surface area contributed by atoms with Crippen LogP contribution >= 0.6 is 11.3 Å². The molecule has 7 heteroatoms. The van der Waals surface area contributed by atoms with Gasteiger partial charge in [0.1, 0.15) is 17.0 Å². The summed E-state index contributed by atoms with van der Waals surface area (Å²) in [5.74, 6) is 1.35. The number of hydrogen-bond acceptors (Lipinski definition) is 6. The van der Waals surface area contributed by atoms with Crippen LogP contribution in [0.1, 0.15) is 24.6 Å². The van der Waals surface area contributed by atoms with E-state index < -0.39 is 0 Å². The smallest absolute Gasteiger partial charge is 0.227 e. The molecule has 6 nitrogen and oxygen atoms in total. The molecule has 4 heterocycles. The van der Waals surface area contributed by atoms with E-state index in [2.05, 4.69) is 61.9 Å². The summed E-state index contributed by atoms with van der Waals surface area (Å²) in [7, 11) is 0. The molecule has 162 valence electrons. The minimum absolute atomic E-state index is 0.0475. The van der Waals surface area contributed by atoms with Crippen molar-refractivity contribution in [3.63, 3.8) is 0 Å². The highest BCUT2D eigenvalue weighted by atomic mass is 32.1. The number of amides is 1. The van der Waals surface area contributed by atoms with Gasteiger partial charge in [-0.05, 0) is 37.5 Å². The fraction of sp³-hybridized carbons (Fsp3) is 0.458. The third-order valence-corrected chi connectivity index (χ3v) is 7.68. The summed E-state index contributed by atoms with van der Waals surface area (Å²) in [6.07, 6.45) is 4.67. The molecule has 2 aliphatic heterocycles. The predicted molar refractivity (Wildman–Crippen MR) is 127 cm³/mol. The van der Waals surface area contributed by atoms with Gasteiger partial charge < -0.3 is 14.7 Å². The predicted octanol–water partition coefficient (Wildman–Crippen LogP) is 3.82. The van der Waals surface area contributed by atoms with Gasteiger partial charge in [0.05, 0.1) is 11.3 Å². The second-order valence-corrected chi connectivity index (χ2v) is 9.53. The Morgan fingerprint density at radius 1 is 1.06 bits per heavy atom.